The number of aryl methyl sites for hydroxylation is 1. The van der Waals surface area contributed by atoms with Crippen LogP contribution in [-0.4, -0.2) is 10.9 Å². The molecule has 0 atom stereocenters. The molecule has 3 nitrogen and oxygen atoms in total. The summed E-state index contributed by atoms with van der Waals surface area (Å²) in [5.41, 5.74) is 1.91. The molecule has 0 bridgehead atoms. The third kappa shape index (κ3) is 4.19. The van der Waals surface area contributed by atoms with Gasteiger partial charge in [-0.2, -0.15) is 0 Å². The van der Waals surface area contributed by atoms with Crippen LogP contribution in [-0.2, 0) is 11.2 Å². The minimum atomic E-state index is -0.188. The molecule has 2 aromatic rings. The van der Waals surface area contributed by atoms with Gasteiger partial charge in [0.15, 0.2) is 5.13 Å². The van der Waals surface area contributed by atoms with Gasteiger partial charge in [0.2, 0.25) is 5.91 Å². The molecule has 0 fully saturated rings. The van der Waals surface area contributed by atoms with E-state index in [0.717, 1.165) is 17.7 Å². The van der Waals surface area contributed by atoms with Gasteiger partial charge in [-0.15, -0.1) is 11.3 Å². The average molecular weight is 293 g/mol. The zero-order chi connectivity index (χ0) is 13.7. The summed E-state index contributed by atoms with van der Waals surface area (Å²) in [5, 5.41) is 5.98. The lowest BCUT2D eigenvalue weighted by Crippen LogP contribution is -2.07. The molecule has 1 amide bonds. The summed E-state index contributed by atoms with van der Waals surface area (Å²) in [6.07, 6.45) is 4.09. The number of hydrogen-bond donors (Lipinski definition) is 1. The first-order valence-electron chi connectivity index (χ1n) is 5.86. The Morgan fingerprint density at radius 3 is 2.79 bits per heavy atom. The molecule has 0 radical (unpaired) electrons. The fraction of sp³-hybridized carbons (Fsp3) is 0.143. The van der Waals surface area contributed by atoms with Crippen molar-refractivity contribution in [2.24, 2.45) is 0 Å². The van der Waals surface area contributed by atoms with E-state index in [1.807, 2.05) is 24.4 Å². The monoisotopic (exact) mass is 292 g/mol. The molecule has 5 heteroatoms. The van der Waals surface area contributed by atoms with Crippen LogP contribution < -0.4 is 5.32 Å². The maximum absolute atomic E-state index is 11.7. The van der Waals surface area contributed by atoms with Gasteiger partial charge in [-0.1, -0.05) is 30.7 Å². The van der Waals surface area contributed by atoms with Crippen LogP contribution in [0.2, 0.25) is 5.02 Å². The van der Waals surface area contributed by atoms with E-state index >= 15 is 0 Å². The molecule has 0 saturated heterocycles. The number of aromatic nitrogens is 1. The number of carbonyl (C=O) groups excluding carboxylic acids is 1. The van der Waals surface area contributed by atoms with Crippen molar-refractivity contribution in [3.8, 4) is 0 Å². The Balaban J connectivity index is 1.95. The SMILES string of the molecule is CCc1csc(NC(=O)C=Cc2ccc(Cl)cc2)n1. The molecule has 0 aliphatic rings. The second kappa shape index (κ2) is 6.50. The molecular formula is C14H13ClN2OS. The summed E-state index contributed by atoms with van der Waals surface area (Å²) in [7, 11) is 0. The zero-order valence-corrected chi connectivity index (χ0v) is 12.0. The number of halogens is 1. The molecule has 1 aromatic carbocycles. The van der Waals surface area contributed by atoms with Gasteiger partial charge in [0.05, 0.1) is 5.69 Å². The first kappa shape index (κ1) is 13.8. The zero-order valence-electron chi connectivity index (χ0n) is 10.4. The first-order valence-corrected chi connectivity index (χ1v) is 7.12. The maximum atomic E-state index is 11.7. The van der Waals surface area contributed by atoms with E-state index in [1.165, 1.54) is 17.4 Å². The predicted molar refractivity (Wildman–Crippen MR) is 80.6 cm³/mol. The average Bonchev–Trinajstić information content (AvgIpc) is 2.86. The summed E-state index contributed by atoms with van der Waals surface area (Å²) in [6.45, 7) is 2.03. The number of hydrogen-bond acceptors (Lipinski definition) is 3. The normalized spacial score (nSPS) is 10.8. The number of benzene rings is 1. The molecule has 0 aliphatic carbocycles. The summed E-state index contributed by atoms with van der Waals surface area (Å²) in [6, 6.07) is 7.27. The summed E-state index contributed by atoms with van der Waals surface area (Å²) in [5.74, 6) is -0.188. The fourth-order valence-electron chi connectivity index (χ4n) is 1.42. The molecule has 2 rings (SSSR count). The molecule has 0 spiro atoms. The lowest BCUT2D eigenvalue weighted by molar-refractivity contribution is -0.111. The number of anilines is 1. The van der Waals surface area contributed by atoms with Gasteiger partial charge in [0.25, 0.3) is 0 Å². The van der Waals surface area contributed by atoms with Gasteiger partial charge in [0, 0.05) is 16.5 Å². The molecular weight excluding hydrogens is 280 g/mol. The van der Waals surface area contributed by atoms with Crippen LogP contribution in [0.15, 0.2) is 35.7 Å². The lowest BCUT2D eigenvalue weighted by atomic mass is 10.2. The lowest BCUT2D eigenvalue weighted by Gasteiger charge is -1.96. The van der Waals surface area contributed by atoms with E-state index in [-0.39, 0.29) is 5.91 Å². The van der Waals surface area contributed by atoms with Crippen molar-refractivity contribution in [1.29, 1.82) is 0 Å². The minimum Gasteiger partial charge on any atom is -0.298 e. The predicted octanol–water partition coefficient (Wildman–Crippen LogP) is 4.01. The van der Waals surface area contributed by atoms with Gasteiger partial charge in [-0.3, -0.25) is 10.1 Å². The molecule has 1 heterocycles. The van der Waals surface area contributed by atoms with Crippen molar-refractivity contribution in [3.05, 3.63) is 52.0 Å². The van der Waals surface area contributed by atoms with Crippen LogP contribution in [0.3, 0.4) is 0 Å². The number of amides is 1. The van der Waals surface area contributed by atoms with Crippen LogP contribution >= 0.6 is 22.9 Å². The van der Waals surface area contributed by atoms with E-state index < -0.39 is 0 Å². The van der Waals surface area contributed by atoms with Crippen LogP contribution in [0.4, 0.5) is 5.13 Å². The van der Waals surface area contributed by atoms with E-state index in [9.17, 15) is 4.79 Å². The third-order valence-corrected chi connectivity index (χ3v) is 3.50. The minimum absolute atomic E-state index is 0.188. The Morgan fingerprint density at radius 1 is 1.42 bits per heavy atom. The van der Waals surface area contributed by atoms with Crippen molar-refractivity contribution in [3.63, 3.8) is 0 Å². The number of thiazole rings is 1. The van der Waals surface area contributed by atoms with E-state index in [1.54, 1.807) is 18.2 Å². The van der Waals surface area contributed by atoms with Crippen molar-refractivity contribution in [2.75, 3.05) is 5.32 Å². The van der Waals surface area contributed by atoms with E-state index in [0.29, 0.717) is 10.2 Å². The Bertz CT molecular complexity index is 590. The number of rotatable bonds is 4. The second-order valence-electron chi connectivity index (χ2n) is 3.87. The van der Waals surface area contributed by atoms with Gasteiger partial charge < -0.3 is 0 Å². The van der Waals surface area contributed by atoms with E-state index in [4.69, 9.17) is 11.6 Å². The standard InChI is InChI=1S/C14H13ClN2OS/c1-2-12-9-19-14(16-12)17-13(18)8-5-10-3-6-11(15)7-4-10/h3-9H,2H2,1H3,(H,16,17,18). The molecule has 19 heavy (non-hydrogen) atoms. The Morgan fingerprint density at radius 2 is 2.16 bits per heavy atom. The van der Waals surface area contributed by atoms with Gasteiger partial charge >= 0.3 is 0 Å². The Labute approximate surface area is 120 Å². The van der Waals surface area contributed by atoms with Crippen molar-refractivity contribution < 1.29 is 4.79 Å². The third-order valence-electron chi connectivity index (χ3n) is 2.44. The largest absolute Gasteiger partial charge is 0.298 e. The molecule has 0 aliphatic heterocycles. The smallest absolute Gasteiger partial charge is 0.250 e. The topological polar surface area (TPSA) is 42.0 Å². The molecule has 0 saturated carbocycles. The molecule has 98 valence electrons. The van der Waals surface area contributed by atoms with Gasteiger partial charge in [-0.05, 0) is 30.2 Å². The van der Waals surface area contributed by atoms with Crippen molar-refractivity contribution in [1.82, 2.24) is 4.98 Å². The second-order valence-corrected chi connectivity index (χ2v) is 5.17. The highest BCUT2D eigenvalue weighted by Gasteiger charge is 2.02. The summed E-state index contributed by atoms with van der Waals surface area (Å²) < 4.78 is 0. The summed E-state index contributed by atoms with van der Waals surface area (Å²) >= 11 is 7.22. The number of carbonyl (C=O) groups is 1. The first-order chi connectivity index (χ1) is 9.17. The van der Waals surface area contributed by atoms with Crippen LogP contribution in [0.5, 0.6) is 0 Å². The quantitative estimate of drug-likeness (QED) is 0.865. The highest BCUT2D eigenvalue weighted by atomic mass is 35.5. The van der Waals surface area contributed by atoms with Crippen LogP contribution in [0.25, 0.3) is 6.08 Å². The number of nitrogens with one attached hydrogen (secondary N) is 1. The highest BCUT2D eigenvalue weighted by molar-refractivity contribution is 7.13. The maximum Gasteiger partial charge on any atom is 0.250 e. The molecule has 1 N–H and O–H groups in total. The van der Waals surface area contributed by atoms with Crippen LogP contribution in [0, 0.1) is 0 Å². The van der Waals surface area contributed by atoms with Crippen molar-refractivity contribution >= 4 is 40.1 Å². The Kier molecular flexibility index (Phi) is 4.71. The van der Waals surface area contributed by atoms with E-state index in [2.05, 4.69) is 10.3 Å². The fourth-order valence-corrected chi connectivity index (χ4v) is 2.34. The number of nitrogens with zero attached hydrogens (tertiary/aromatic N) is 1. The Hall–Kier alpha value is -1.65. The molecule has 0 unspecified atom stereocenters. The highest BCUT2D eigenvalue weighted by Crippen LogP contribution is 2.16. The van der Waals surface area contributed by atoms with Crippen molar-refractivity contribution in [2.45, 2.75) is 13.3 Å². The molecule has 1 aromatic heterocycles. The van der Waals surface area contributed by atoms with Gasteiger partial charge in [0.1, 0.15) is 0 Å². The van der Waals surface area contributed by atoms with Crippen LogP contribution in [0.1, 0.15) is 18.2 Å². The summed E-state index contributed by atoms with van der Waals surface area (Å²) in [4.78, 5) is 16.0. The van der Waals surface area contributed by atoms with Gasteiger partial charge in [-0.25, -0.2) is 4.98 Å².